The van der Waals surface area contributed by atoms with Crippen molar-refractivity contribution in [3.05, 3.63) is 32.8 Å². The van der Waals surface area contributed by atoms with Gasteiger partial charge in [0.2, 0.25) is 0 Å². The molecule has 1 fully saturated rings. The Balaban J connectivity index is 2.09. The molecular weight excluding hydrogens is 382 g/mol. The van der Waals surface area contributed by atoms with Gasteiger partial charge in [0.15, 0.2) is 0 Å². The van der Waals surface area contributed by atoms with Gasteiger partial charge in [0.1, 0.15) is 11.3 Å². The molecule has 24 heavy (non-hydrogen) atoms. The third kappa shape index (κ3) is 4.57. The second kappa shape index (κ2) is 6.94. The lowest BCUT2D eigenvalue weighted by molar-refractivity contribution is -0.384. The molecule has 0 bridgehead atoms. The van der Waals surface area contributed by atoms with Crippen LogP contribution in [0.4, 0.5) is 16.2 Å². The number of carbonyl (C=O) groups excluding carboxylic acids is 1. The highest BCUT2D eigenvalue weighted by molar-refractivity contribution is 9.10. The average molecular weight is 402 g/mol. The molecule has 0 aromatic heterocycles. The molecule has 1 aliphatic heterocycles. The van der Waals surface area contributed by atoms with Crippen molar-refractivity contribution < 1.29 is 19.6 Å². The number of carbonyl (C=O) groups is 1. The zero-order chi connectivity index (χ0) is 18.1. The summed E-state index contributed by atoms with van der Waals surface area (Å²) in [5.41, 5.74) is -0.441. The predicted molar refractivity (Wildman–Crippen MR) is 92.0 cm³/mol. The number of aliphatic hydroxyl groups is 1. The number of nitrogens with one attached hydrogen (secondary N) is 1. The van der Waals surface area contributed by atoms with Crippen LogP contribution in [-0.4, -0.2) is 51.9 Å². The Labute approximate surface area is 148 Å². The number of nitro groups is 1. The van der Waals surface area contributed by atoms with Gasteiger partial charge in [-0.1, -0.05) is 15.9 Å². The Hall–Kier alpha value is -1.87. The fourth-order valence-corrected chi connectivity index (χ4v) is 2.73. The zero-order valence-corrected chi connectivity index (χ0v) is 15.2. The number of benzene rings is 1. The number of ether oxygens (including phenoxy) is 1. The quantitative estimate of drug-likeness (QED) is 0.595. The molecular formula is C15H20BrN3O5. The average Bonchev–Trinajstić information content (AvgIpc) is 2.80. The van der Waals surface area contributed by atoms with E-state index in [-0.39, 0.29) is 18.8 Å². The molecule has 0 aliphatic carbocycles. The summed E-state index contributed by atoms with van der Waals surface area (Å²) in [6.07, 6.45) is -1.36. The second-order valence-corrected chi connectivity index (χ2v) is 7.54. The summed E-state index contributed by atoms with van der Waals surface area (Å²) in [6, 6.07) is 4.10. The first-order valence-corrected chi connectivity index (χ1v) is 8.22. The third-order valence-corrected chi connectivity index (χ3v) is 3.93. The molecule has 1 amide bonds. The summed E-state index contributed by atoms with van der Waals surface area (Å²) in [5.74, 6) is 0. The first kappa shape index (κ1) is 18.5. The second-order valence-electron chi connectivity index (χ2n) is 6.62. The van der Waals surface area contributed by atoms with Crippen molar-refractivity contribution in [2.24, 2.45) is 0 Å². The van der Waals surface area contributed by atoms with Crippen molar-refractivity contribution in [2.45, 2.75) is 38.5 Å². The highest BCUT2D eigenvalue weighted by Gasteiger charge is 2.37. The minimum atomic E-state index is -0.847. The molecule has 1 saturated heterocycles. The van der Waals surface area contributed by atoms with Crippen LogP contribution in [0.3, 0.4) is 0 Å². The number of amides is 1. The molecule has 132 valence electrons. The van der Waals surface area contributed by atoms with Crippen molar-refractivity contribution in [1.29, 1.82) is 0 Å². The highest BCUT2D eigenvalue weighted by atomic mass is 79.9. The molecule has 9 heteroatoms. The van der Waals surface area contributed by atoms with E-state index >= 15 is 0 Å². The van der Waals surface area contributed by atoms with Gasteiger partial charge in [0.25, 0.3) is 5.69 Å². The maximum absolute atomic E-state index is 12.1. The summed E-state index contributed by atoms with van der Waals surface area (Å²) >= 11 is 3.19. The lowest BCUT2D eigenvalue weighted by Gasteiger charge is -2.24. The normalized spacial score (nSPS) is 20.8. The molecule has 0 saturated carbocycles. The van der Waals surface area contributed by atoms with Gasteiger partial charge in [-0.3, -0.25) is 10.1 Å². The van der Waals surface area contributed by atoms with E-state index in [0.29, 0.717) is 10.2 Å². The molecule has 1 aromatic rings. The maximum atomic E-state index is 12.1. The van der Waals surface area contributed by atoms with Crippen LogP contribution < -0.4 is 5.32 Å². The molecule has 0 radical (unpaired) electrons. The van der Waals surface area contributed by atoms with Gasteiger partial charge in [-0.2, -0.15) is 0 Å². The molecule has 0 spiro atoms. The van der Waals surface area contributed by atoms with E-state index in [1.54, 1.807) is 32.9 Å². The number of β-amino-alcohol motifs (C(OH)–C–C–N with tert-alkyl or cyclic N) is 1. The van der Waals surface area contributed by atoms with Gasteiger partial charge >= 0.3 is 6.09 Å². The molecule has 2 atom stereocenters. The molecule has 2 unspecified atom stereocenters. The molecule has 2 rings (SSSR count). The molecule has 1 heterocycles. The third-order valence-electron chi connectivity index (χ3n) is 3.44. The van der Waals surface area contributed by atoms with Gasteiger partial charge in [-0.05, 0) is 32.9 Å². The lowest BCUT2D eigenvalue weighted by atomic mass is 10.2. The van der Waals surface area contributed by atoms with E-state index in [4.69, 9.17) is 4.74 Å². The fraction of sp³-hybridized carbons (Fsp3) is 0.533. The minimum Gasteiger partial charge on any atom is -0.444 e. The predicted octanol–water partition coefficient (Wildman–Crippen LogP) is 2.75. The topological polar surface area (TPSA) is 105 Å². The maximum Gasteiger partial charge on any atom is 0.410 e. The van der Waals surface area contributed by atoms with Crippen molar-refractivity contribution >= 4 is 33.4 Å². The van der Waals surface area contributed by atoms with E-state index in [2.05, 4.69) is 21.2 Å². The Bertz CT molecular complexity index is 646. The van der Waals surface area contributed by atoms with Crippen molar-refractivity contribution in [1.82, 2.24) is 4.90 Å². The summed E-state index contributed by atoms with van der Waals surface area (Å²) < 4.78 is 5.87. The van der Waals surface area contributed by atoms with E-state index in [1.807, 2.05) is 0 Å². The largest absolute Gasteiger partial charge is 0.444 e. The summed E-state index contributed by atoms with van der Waals surface area (Å²) in [6.45, 7) is 5.59. The fourth-order valence-electron chi connectivity index (χ4n) is 2.38. The van der Waals surface area contributed by atoms with E-state index < -0.39 is 28.8 Å². The molecule has 8 nitrogen and oxygen atoms in total. The van der Waals surface area contributed by atoms with E-state index in [9.17, 15) is 20.0 Å². The number of aliphatic hydroxyl groups excluding tert-OH is 1. The number of anilines is 1. The Morgan fingerprint density at radius 1 is 1.46 bits per heavy atom. The van der Waals surface area contributed by atoms with Crippen LogP contribution in [0.2, 0.25) is 0 Å². The van der Waals surface area contributed by atoms with Crippen LogP contribution in [0.15, 0.2) is 22.7 Å². The number of nitro benzene ring substituents is 1. The smallest absolute Gasteiger partial charge is 0.410 e. The monoisotopic (exact) mass is 401 g/mol. The van der Waals surface area contributed by atoms with Crippen LogP contribution in [0.25, 0.3) is 0 Å². The van der Waals surface area contributed by atoms with Crippen molar-refractivity contribution in [3.63, 3.8) is 0 Å². The number of nitrogens with zero attached hydrogens (tertiary/aromatic N) is 2. The van der Waals surface area contributed by atoms with Gasteiger partial charge in [-0.15, -0.1) is 0 Å². The number of rotatable bonds is 3. The van der Waals surface area contributed by atoms with Gasteiger partial charge in [0, 0.05) is 17.1 Å². The highest BCUT2D eigenvalue weighted by Crippen LogP contribution is 2.30. The Morgan fingerprint density at radius 3 is 2.71 bits per heavy atom. The summed E-state index contributed by atoms with van der Waals surface area (Å²) in [7, 11) is 0. The van der Waals surface area contributed by atoms with Gasteiger partial charge in [0.05, 0.1) is 23.6 Å². The zero-order valence-electron chi connectivity index (χ0n) is 13.7. The van der Waals surface area contributed by atoms with E-state index in [1.165, 1.54) is 11.0 Å². The van der Waals surface area contributed by atoms with Crippen molar-refractivity contribution in [3.8, 4) is 0 Å². The Kier molecular flexibility index (Phi) is 5.34. The molecule has 1 aliphatic rings. The van der Waals surface area contributed by atoms with Crippen LogP contribution in [0.1, 0.15) is 20.8 Å². The lowest BCUT2D eigenvalue weighted by Crippen LogP contribution is -2.36. The number of hydrogen-bond donors (Lipinski definition) is 2. The first-order chi connectivity index (χ1) is 11.1. The first-order valence-electron chi connectivity index (χ1n) is 7.43. The van der Waals surface area contributed by atoms with Gasteiger partial charge < -0.3 is 20.1 Å². The summed E-state index contributed by atoms with van der Waals surface area (Å²) in [5, 5.41) is 24.3. The van der Waals surface area contributed by atoms with Crippen LogP contribution in [0, 0.1) is 10.1 Å². The number of hydrogen-bond acceptors (Lipinski definition) is 6. The SMILES string of the molecule is CC(C)(C)OC(=O)N1CC(O)C(Nc2ccc(Br)cc2[N+](=O)[O-])C1. The van der Waals surface area contributed by atoms with Gasteiger partial charge in [-0.25, -0.2) is 4.79 Å². The Morgan fingerprint density at radius 2 is 2.12 bits per heavy atom. The van der Waals surface area contributed by atoms with E-state index in [0.717, 1.165) is 0 Å². The molecule has 1 aromatic carbocycles. The minimum absolute atomic E-state index is 0.104. The number of likely N-dealkylation sites (tertiary alicyclic amines) is 1. The van der Waals surface area contributed by atoms with Crippen LogP contribution in [0.5, 0.6) is 0 Å². The van der Waals surface area contributed by atoms with Crippen LogP contribution >= 0.6 is 15.9 Å². The summed E-state index contributed by atoms with van der Waals surface area (Å²) in [4.78, 5) is 24.1. The number of halogens is 1. The van der Waals surface area contributed by atoms with Crippen molar-refractivity contribution in [2.75, 3.05) is 18.4 Å². The standard InChI is InChI=1S/C15H20BrN3O5/c1-15(2,3)24-14(21)18-7-11(13(20)8-18)17-10-5-4-9(16)6-12(10)19(22)23/h4-6,11,13,17,20H,7-8H2,1-3H3. The molecule has 2 N–H and O–H groups in total. The van der Waals surface area contributed by atoms with Crippen LogP contribution in [-0.2, 0) is 4.74 Å².